The van der Waals surface area contributed by atoms with Crippen molar-refractivity contribution in [3.8, 4) is 0 Å². The van der Waals surface area contributed by atoms with Crippen molar-refractivity contribution in [2.75, 3.05) is 13.2 Å². The number of carbonyl (C=O) groups is 4. The number of hydrogen-bond acceptors (Lipinski definition) is 11. The molecule has 0 radical (unpaired) electrons. The van der Waals surface area contributed by atoms with Gasteiger partial charge in [0.2, 0.25) is 0 Å². The lowest BCUT2D eigenvalue weighted by Crippen LogP contribution is -2.61. The van der Waals surface area contributed by atoms with Crippen molar-refractivity contribution < 1.29 is 58.2 Å². The Morgan fingerprint density at radius 3 is 1.23 bits per heavy atom. The summed E-state index contributed by atoms with van der Waals surface area (Å²) in [5, 5.41) is 31.6. The predicted molar refractivity (Wildman–Crippen MR) is 340 cm³/mol. The molecule has 6 unspecified atom stereocenters. The van der Waals surface area contributed by atoms with Crippen LogP contribution in [-0.4, -0.2) is 89.2 Å². The summed E-state index contributed by atoms with van der Waals surface area (Å²) in [6.45, 7) is 5.83. The van der Waals surface area contributed by atoms with Crippen LogP contribution in [0.15, 0.2) is 97.2 Å². The molecule has 0 aromatic carbocycles. The summed E-state index contributed by atoms with van der Waals surface area (Å²) in [5.74, 6) is -3.20. The molecule has 1 heterocycles. The summed E-state index contributed by atoms with van der Waals surface area (Å²) in [4.78, 5) is 51.4. The van der Waals surface area contributed by atoms with Crippen molar-refractivity contribution in [1.82, 2.24) is 0 Å². The summed E-state index contributed by atoms with van der Waals surface area (Å²) in [7, 11) is 0. The van der Waals surface area contributed by atoms with E-state index in [9.17, 15) is 34.5 Å². The number of aliphatic carboxylic acids is 1. The fourth-order valence-electron chi connectivity index (χ4n) is 9.55. The number of unbranched alkanes of at least 4 members (excludes halogenated alkanes) is 26. The Morgan fingerprint density at radius 1 is 0.410 bits per heavy atom. The van der Waals surface area contributed by atoms with Gasteiger partial charge in [-0.25, -0.2) is 4.79 Å². The Hall–Kier alpha value is -4.36. The number of allylic oxidation sites excluding steroid dienone is 16. The Balaban J connectivity index is 2.69. The maximum absolute atomic E-state index is 13.2. The van der Waals surface area contributed by atoms with E-state index < -0.39 is 67.3 Å². The van der Waals surface area contributed by atoms with Gasteiger partial charge in [-0.05, 0) is 116 Å². The molecule has 1 rings (SSSR count). The highest BCUT2D eigenvalue weighted by Gasteiger charge is 2.50. The first-order valence-electron chi connectivity index (χ1n) is 33.2. The van der Waals surface area contributed by atoms with Gasteiger partial charge in [0, 0.05) is 19.3 Å². The lowest BCUT2D eigenvalue weighted by atomic mass is 9.98. The zero-order valence-corrected chi connectivity index (χ0v) is 52.4. The minimum absolute atomic E-state index is 0.0465. The van der Waals surface area contributed by atoms with Crippen LogP contribution in [-0.2, 0) is 42.9 Å². The molecular formula is C71H118O12. The Kier molecular flexibility index (Phi) is 53.6. The molecule has 474 valence electrons. The van der Waals surface area contributed by atoms with Crippen LogP contribution in [0.25, 0.3) is 0 Å². The molecular weight excluding hydrogens is 1040 g/mol. The quantitative estimate of drug-likeness (QED) is 0.0228. The zero-order chi connectivity index (χ0) is 60.3. The molecule has 83 heavy (non-hydrogen) atoms. The third-order valence-electron chi connectivity index (χ3n) is 14.6. The zero-order valence-electron chi connectivity index (χ0n) is 52.4. The van der Waals surface area contributed by atoms with Crippen molar-refractivity contribution in [2.45, 2.75) is 314 Å². The van der Waals surface area contributed by atoms with Crippen LogP contribution in [0.4, 0.5) is 0 Å². The molecule has 1 aliphatic rings. The van der Waals surface area contributed by atoms with Crippen LogP contribution in [0.5, 0.6) is 0 Å². The number of carboxylic acid groups (broad SMARTS) is 1. The Bertz CT molecular complexity index is 1810. The van der Waals surface area contributed by atoms with Crippen molar-refractivity contribution in [1.29, 1.82) is 0 Å². The van der Waals surface area contributed by atoms with E-state index in [2.05, 4.69) is 112 Å². The van der Waals surface area contributed by atoms with E-state index in [-0.39, 0.29) is 25.9 Å². The van der Waals surface area contributed by atoms with E-state index in [0.717, 1.165) is 103 Å². The van der Waals surface area contributed by atoms with Crippen LogP contribution < -0.4 is 0 Å². The van der Waals surface area contributed by atoms with Crippen LogP contribution in [0.3, 0.4) is 0 Å². The lowest BCUT2D eigenvalue weighted by Gasteiger charge is -2.40. The van der Waals surface area contributed by atoms with Crippen molar-refractivity contribution in [3.63, 3.8) is 0 Å². The first-order chi connectivity index (χ1) is 40.6. The van der Waals surface area contributed by atoms with Crippen molar-refractivity contribution >= 4 is 23.9 Å². The molecule has 1 saturated heterocycles. The van der Waals surface area contributed by atoms with E-state index in [4.69, 9.17) is 23.7 Å². The minimum atomic E-state index is -1.92. The summed E-state index contributed by atoms with van der Waals surface area (Å²) >= 11 is 0. The van der Waals surface area contributed by atoms with Gasteiger partial charge < -0.3 is 39.0 Å². The molecule has 6 atom stereocenters. The third-order valence-corrected chi connectivity index (χ3v) is 14.6. The second-order valence-corrected chi connectivity index (χ2v) is 22.4. The fraction of sp³-hybridized carbons (Fsp3) is 0.718. The monoisotopic (exact) mass is 1160 g/mol. The van der Waals surface area contributed by atoms with Gasteiger partial charge in [0.1, 0.15) is 18.8 Å². The van der Waals surface area contributed by atoms with Gasteiger partial charge >= 0.3 is 23.9 Å². The topological polar surface area (TPSA) is 175 Å². The number of aliphatic hydroxyl groups excluding tert-OH is 2. The van der Waals surface area contributed by atoms with Gasteiger partial charge in [-0.3, -0.25) is 14.4 Å². The highest BCUT2D eigenvalue weighted by atomic mass is 16.7. The predicted octanol–water partition coefficient (Wildman–Crippen LogP) is 18.0. The van der Waals surface area contributed by atoms with Gasteiger partial charge in [0.05, 0.1) is 6.61 Å². The molecule has 0 saturated carbocycles. The van der Waals surface area contributed by atoms with Gasteiger partial charge in [0.15, 0.2) is 24.6 Å². The molecule has 1 aliphatic heterocycles. The van der Waals surface area contributed by atoms with Crippen LogP contribution >= 0.6 is 0 Å². The smallest absolute Gasteiger partial charge is 0.335 e. The van der Waals surface area contributed by atoms with Crippen molar-refractivity contribution in [2.24, 2.45) is 0 Å². The Labute approximate surface area is 504 Å². The van der Waals surface area contributed by atoms with Crippen molar-refractivity contribution in [3.05, 3.63) is 97.2 Å². The van der Waals surface area contributed by atoms with Crippen LogP contribution in [0.2, 0.25) is 0 Å². The van der Waals surface area contributed by atoms with Gasteiger partial charge in [-0.1, -0.05) is 240 Å². The first kappa shape index (κ1) is 76.7. The normalized spacial score (nSPS) is 18.2. The van der Waals surface area contributed by atoms with Gasteiger partial charge in [-0.2, -0.15) is 0 Å². The Morgan fingerprint density at radius 2 is 0.771 bits per heavy atom. The van der Waals surface area contributed by atoms with E-state index in [1.165, 1.54) is 109 Å². The molecule has 12 nitrogen and oxygen atoms in total. The summed E-state index contributed by atoms with van der Waals surface area (Å²) < 4.78 is 28.5. The largest absolute Gasteiger partial charge is 0.479 e. The summed E-state index contributed by atoms with van der Waals surface area (Å²) in [5.41, 5.74) is 0. The van der Waals surface area contributed by atoms with Gasteiger partial charge in [0.25, 0.3) is 0 Å². The molecule has 0 aliphatic carbocycles. The molecule has 3 N–H and O–H groups in total. The van der Waals surface area contributed by atoms with E-state index in [1.807, 2.05) is 6.08 Å². The third kappa shape index (κ3) is 47.6. The highest BCUT2D eigenvalue weighted by molar-refractivity contribution is 5.74. The number of hydrogen-bond donors (Lipinski definition) is 3. The molecule has 0 spiro atoms. The molecule has 0 aromatic heterocycles. The lowest BCUT2D eigenvalue weighted by molar-refractivity contribution is -0.301. The summed E-state index contributed by atoms with van der Waals surface area (Å²) in [6.07, 6.45) is 65.1. The number of aliphatic hydroxyl groups is 2. The van der Waals surface area contributed by atoms with E-state index in [0.29, 0.717) is 25.7 Å². The number of ether oxygens (including phenoxy) is 5. The summed E-state index contributed by atoms with van der Waals surface area (Å²) in [6, 6.07) is 0. The number of rotatable bonds is 56. The first-order valence-corrected chi connectivity index (χ1v) is 33.2. The maximum Gasteiger partial charge on any atom is 0.335 e. The number of carboxylic acids is 1. The average molecular weight is 1160 g/mol. The molecule has 1 fully saturated rings. The second kappa shape index (κ2) is 58.0. The second-order valence-electron chi connectivity index (χ2n) is 22.4. The highest BCUT2D eigenvalue weighted by Crippen LogP contribution is 2.27. The minimum Gasteiger partial charge on any atom is -0.479 e. The standard InChI is InChI=1S/C71H118O12/c1-4-7-10-13-16-19-22-25-28-31-32-35-38-41-44-47-50-53-56-59-65(74)82-69-67(76)66(75)68(70(77)78)83-71(69)80-61-62(81-64(73)58-55-52-49-46-43-40-37-34-30-27-24-21-18-15-12-9-6-3)60-79-63(72)57-54-51-48-45-42-39-36-33-29-26-23-20-17-14-11-8-5-2/h8,11,16-17,19-20,25-30,36,39,45,48,62,66-69,71,75-76H,4-7,9-10,12-15,18,21-24,31-35,37-38,40-44,46-47,49-61H2,1-3H3,(H,77,78)/b11-8-,19-16-,20-17-,28-25-,29-26-,30-27-,39-36-,48-45-. The maximum atomic E-state index is 13.2. The molecule has 0 aromatic rings. The van der Waals surface area contributed by atoms with Crippen LogP contribution in [0, 0.1) is 0 Å². The number of carbonyl (C=O) groups excluding carboxylic acids is 3. The number of esters is 3. The van der Waals surface area contributed by atoms with E-state index in [1.54, 1.807) is 0 Å². The molecule has 0 amide bonds. The van der Waals surface area contributed by atoms with Gasteiger partial charge in [-0.15, -0.1) is 0 Å². The molecule has 12 heteroatoms. The van der Waals surface area contributed by atoms with E-state index >= 15 is 0 Å². The average Bonchev–Trinajstić information content (AvgIpc) is 3.58. The SMILES string of the molecule is CC/C=C\C/C=C\C/C=C\C/C=C\C/C=C\CCCC(=O)OCC(COC1OC(C(=O)O)C(O)C(O)C1OC(=O)CCCCCCCCCCC/C=C\C/C=C\CCCCC)OC(=O)CCCCCCCCC/C=C\CCCCCCCC. The molecule has 0 bridgehead atoms. The van der Waals surface area contributed by atoms with Crippen LogP contribution in [0.1, 0.15) is 278 Å². The fourth-order valence-corrected chi connectivity index (χ4v) is 9.55.